The van der Waals surface area contributed by atoms with E-state index in [1.54, 1.807) is 6.20 Å². The van der Waals surface area contributed by atoms with Crippen LogP contribution in [0.2, 0.25) is 0 Å². The summed E-state index contributed by atoms with van der Waals surface area (Å²) in [6, 6.07) is 3.68. The highest BCUT2D eigenvalue weighted by molar-refractivity contribution is 5.97. The lowest BCUT2D eigenvalue weighted by molar-refractivity contribution is 0.0917. The molecular weight excluding hydrogens is 188 g/mol. The minimum atomic E-state index is -0.0560. The molecule has 2 N–H and O–H groups in total. The highest BCUT2D eigenvalue weighted by Crippen LogP contribution is 2.12. The first-order valence-electron chi connectivity index (χ1n) is 5.36. The van der Waals surface area contributed by atoms with Gasteiger partial charge in [0.15, 0.2) is 5.78 Å². The van der Waals surface area contributed by atoms with Crippen LogP contribution in [-0.2, 0) is 0 Å². The fourth-order valence-electron chi connectivity index (χ4n) is 1.55. The Hall–Kier alpha value is -1.22. The zero-order valence-electron chi connectivity index (χ0n) is 9.36. The minimum absolute atomic E-state index is 0.0560. The average Bonchev–Trinajstić information content (AvgIpc) is 2.26. The van der Waals surface area contributed by atoms with Crippen LogP contribution in [0.5, 0.6) is 0 Å². The van der Waals surface area contributed by atoms with Crippen molar-refractivity contribution in [1.82, 2.24) is 4.98 Å². The fourth-order valence-corrected chi connectivity index (χ4v) is 1.55. The molecule has 15 heavy (non-hydrogen) atoms. The number of rotatable bonds is 5. The summed E-state index contributed by atoms with van der Waals surface area (Å²) in [7, 11) is 0. The van der Waals surface area contributed by atoms with Gasteiger partial charge in [0.05, 0.1) is 0 Å². The third kappa shape index (κ3) is 3.13. The summed E-state index contributed by atoms with van der Waals surface area (Å²) in [5.74, 6) is 0.0614. The van der Waals surface area contributed by atoms with Crippen LogP contribution in [0.4, 0.5) is 0 Å². The van der Waals surface area contributed by atoms with Crippen molar-refractivity contribution in [1.29, 1.82) is 0 Å². The molecule has 0 fully saturated rings. The summed E-state index contributed by atoms with van der Waals surface area (Å²) in [5.41, 5.74) is 7.18. The van der Waals surface area contributed by atoms with E-state index in [1.165, 1.54) is 0 Å². The lowest BCUT2D eigenvalue weighted by Crippen LogP contribution is -2.23. The Bertz CT molecular complexity index is 319. The molecule has 1 rings (SSSR count). The van der Waals surface area contributed by atoms with Crippen LogP contribution in [0.3, 0.4) is 0 Å². The highest BCUT2D eigenvalue weighted by Gasteiger charge is 2.17. The Morgan fingerprint density at radius 1 is 1.53 bits per heavy atom. The summed E-state index contributed by atoms with van der Waals surface area (Å²) in [6.07, 6.45) is 3.46. The van der Waals surface area contributed by atoms with Gasteiger partial charge >= 0.3 is 0 Å². The average molecular weight is 206 g/mol. The number of pyridine rings is 1. The smallest absolute Gasteiger partial charge is 0.168 e. The van der Waals surface area contributed by atoms with Crippen molar-refractivity contribution in [3.8, 4) is 0 Å². The largest absolute Gasteiger partial charge is 0.330 e. The monoisotopic (exact) mass is 206 g/mol. The number of aryl methyl sites for hydroxylation is 1. The number of hydrogen-bond donors (Lipinski definition) is 1. The molecular formula is C12H18N2O. The number of ketones is 1. The summed E-state index contributed by atoms with van der Waals surface area (Å²) in [4.78, 5) is 16.1. The Kier molecular flexibility index (Phi) is 4.43. The standard InChI is InChI=1S/C12H18N2O/c1-3-4-10(7-13)12(15)11-6-5-9(2)14-8-11/h5-6,8,10H,3-4,7,13H2,1-2H3. The molecule has 0 aliphatic carbocycles. The van der Waals surface area contributed by atoms with Gasteiger partial charge in [-0.25, -0.2) is 0 Å². The molecule has 0 aromatic carbocycles. The number of nitrogens with zero attached hydrogens (tertiary/aromatic N) is 1. The van der Waals surface area contributed by atoms with Crippen molar-refractivity contribution in [2.24, 2.45) is 11.7 Å². The maximum atomic E-state index is 12.0. The first-order chi connectivity index (χ1) is 7.19. The van der Waals surface area contributed by atoms with Gasteiger partial charge in [-0.05, 0) is 25.5 Å². The molecule has 3 nitrogen and oxygen atoms in total. The van der Waals surface area contributed by atoms with Crippen molar-refractivity contribution in [3.63, 3.8) is 0 Å². The molecule has 0 aliphatic rings. The summed E-state index contributed by atoms with van der Waals surface area (Å²) in [6.45, 7) is 4.38. The molecule has 1 aromatic rings. The van der Waals surface area contributed by atoms with E-state index >= 15 is 0 Å². The Labute approximate surface area is 90.7 Å². The van der Waals surface area contributed by atoms with Crippen molar-refractivity contribution in [3.05, 3.63) is 29.6 Å². The van der Waals surface area contributed by atoms with Crippen LogP contribution in [0.25, 0.3) is 0 Å². The van der Waals surface area contributed by atoms with Gasteiger partial charge in [0.25, 0.3) is 0 Å². The molecule has 1 atom stereocenters. The number of hydrogen-bond acceptors (Lipinski definition) is 3. The molecule has 0 spiro atoms. The molecule has 0 radical (unpaired) electrons. The Morgan fingerprint density at radius 3 is 2.73 bits per heavy atom. The molecule has 1 unspecified atom stereocenters. The number of Topliss-reactive ketones (excluding diaryl/α,β-unsaturated/α-hetero) is 1. The van der Waals surface area contributed by atoms with Crippen molar-refractivity contribution < 1.29 is 4.79 Å². The predicted octanol–water partition coefficient (Wildman–Crippen LogP) is 1.95. The number of aromatic nitrogens is 1. The lowest BCUT2D eigenvalue weighted by Gasteiger charge is -2.11. The van der Waals surface area contributed by atoms with Gasteiger partial charge in [-0.3, -0.25) is 9.78 Å². The predicted molar refractivity (Wildman–Crippen MR) is 60.8 cm³/mol. The first-order valence-corrected chi connectivity index (χ1v) is 5.36. The molecule has 0 aliphatic heterocycles. The van der Waals surface area contributed by atoms with E-state index < -0.39 is 0 Å². The molecule has 0 saturated heterocycles. The molecule has 1 aromatic heterocycles. The van der Waals surface area contributed by atoms with Crippen LogP contribution in [0.1, 0.15) is 35.8 Å². The summed E-state index contributed by atoms with van der Waals surface area (Å²) < 4.78 is 0. The molecule has 0 amide bonds. The second-order valence-electron chi connectivity index (χ2n) is 3.77. The third-order valence-corrected chi connectivity index (χ3v) is 2.49. The van der Waals surface area contributed by atoms with Gasteiger partial charge in [0.1, 0.15) is 0 Å². The maximum absolute atomic E-state index is 12.0. The topological polar surface area (TPSA) is 56.0 Å². The maximum Gasteiger partial charge on any atom is 0.168 e. The second-order valence-corrected chi connectivity index (χ2v) is 3.77. The number of nitrogens with two attached hydrogens (primary N) is 1. The zero-order valence-corrected chi connectivity index (χ0v) is 9.36. The number of carbonyl (C=O) groups excluding carboxylic acids is 1. The second kappa shape index (κ2) is 5.61. The molecule has 82 valence electrons. The van der Waals surface area contributed by atoms with E-state index in [0.29, 0.717) is 12.1 Å². The lowest BCUT2D eigenvalue weighted by atomic mass is 9.94. The van der Waals surface area contributed by atoms with Crippen molar-refractivity contribution in [2.45, 2.75) is 26.7 Å². The Balaban J connectivity index is 2.78. The van der Waals surface area contributed by atoms with E-state index in [1.807, 2.05) is 19.1 Å². The summed E-state index contributed by atoms with van der Waals surface area (Å²) >= 11 is 0. The van der Waals surface area contributed by atoms with Crippen molar-refractivity contribution >= 4 is 5.78 Å². The van der Waals surface area contributed by atoms with E-state index in [9.17, 15) is 4.79 Å². The van der Waals surface area contributed by atoms with E-state index in [-0.39, 0.29) is 11.7 Å². The zero-order chi connectivity index (χ0) is 11.3. The quantitative estimate of drug-likeness (QED) is 0.749. The van der Waals surface area contributed by atoms with E-state index in [4.69, 9.17) is 5.73 Å². The van der Waals surface area contributed by atoms with Crippen LogP contribution in [0.15, 0.2) is 18.3 Å². The normalized spacial score (nSPS) is 12.5. The van der Waals surface area contributed by atoms with Gasteiger partial charge in [-0.15, -0.1) is 0 Å². The number of carbonyl (C=O) groups is 1. The molecule has 0 bridgehead atoms. The van der Waals surface area contributed by atoms with E-state index in [0.717, 1.165) is 18.5 Å². The SMILES string of the molecule is CCCC(CN)C(=O)c1ccc(C)nc1. The highest BCUT2D eigenvalue weighted by atomic mass is 16.1. The van der Waals surface area contributed by atoms with Gasteiger partial charge < -0.3 is 5.73 Å². The van der Waals surface area contributed by atoms with Gasteiger partial charge in [0, 0.05) is 29.9 Å². The van der Waals surface area contributed by atoms with Crippen LogP contribution in [-0.4, -0.2) is 17.3 Å². The van der Waals surface area contributed by atoms with E-state index in [2.05, 4.69) is 11.9 Å². The Morgan fingerprint density at radius 2 is 2.27 bits per heavy atom. The first kappa shape index (κ1) is 11.9. The summed E-state index contributed by atoms with van der Waals surface area (Å²) in [5, 5.41) is 0. The van der Waals surface area contributed by atoms with Crippen LogP contribution < -0.4 is 5.73 Å². The fraction of sp³-hybridized carbons (Fsp3) is 0.500. The third-order valence-electron chi connectivity index (χ3n) is 2.49. The molecule has 0 saturated carbocycles. The van der Waals surface area contributed by atoms with Crippen molar-refractivity contribution in [2.75, 3.05) is 6.54 Å². The molecule has 3 heteroatoms. The molecule has 1 heterocycles. The van der Waals surface area contributed by atoms with Crippen LogP contribution >= 0.6 is 0 Å². The van der Waals surface area contributed by atoms with Gasteiger partial charge in [-0.2, -0.15) is 0 Å². The van der Waals surface area contributed by atoms with Crippen LogP contribution in [0, 0.1) is 12.8 Å². The van der Waals surface area contributed by atoms with Gasteiger partial charge in [0.2, 0.25) is 0 Å². The minimum Gasteiger partial charge on any atom is -0.330 e. The van der Waals surface area contributed by atoms with Gasteiger partial charge in [-0.1, -0.05) is 13.3 Å².